The predicted octanol–water partition coefficient (Wildman–Crippen LogP) is 4.77. The van der Waals surface area contributed by atoms with E-state index in [1.165, 1.54) is 5.56 Å². The summed E-state index contributed by atoms with van der Waals surface area (Å²) in [5.74, 6) is 0.344. The van der Waals surface area contributed by atoms with E-state index in [1.807, 2.05) is 24.3 Å². The standard InChI is InChI=1S/C24H23NO4/c1-15-6-5-9-18-22(15)23-19(25(18)14-16-7-3-2-4-8-16)12-17(20-10-11-28-20)13-21(23)29-24(26)27/h2-9,12-13,19-20,23H,10-11,14H2,1H3,(H,26,27). The van der Waals surface area contributed by atoms with Gasteiger partial charge in [0.1, 0.15) is 5.76 Å². The van der Waals surface area contributed by atoms with E-state index in [4.69, 9.17) is 9.47 Å². The average Bonchev–Trinajstić information content (AvgIpc) is 2.96. The first-order chi connectivity index (χ1) is 14.1. The SMILES string of the molecule is Cc1cccc2c1C1C(OC(=O)O)=CC(C3CCO3)=CC1N2Cc1ccccc1. The van der Waals surface area contributed by atoms with Crippen molar-refractivity contribution in [1.82, 2.24) is 0 Å². The van der Waals surface area contributed by atoms with Gasteiger partial charge in [-0.05, 0) is 41.3 Å². The fourth-order valence-corrected chi connectivity index (χ4v) is 4.69. The first-order valence-corrected chi connectivity index (χ1v) is 9.97. The van der Waals surface area contributed by atoms with Crippen LogP contribution in [0.4, 0.5) is 10.5 Å². The molecule has 1 N–H and O–H groups in total. The number of nitrogens with zero attached hydrogens (tertiary/aromatic N) is 1. The maximum absolute atomic E-state index is 11.5. The second-order valence-corrected chi connectivity index (χ2v) is 7.82. The molecule has 1 aliphatic carbocycles. The van der Waals surface area contributed by atoms with E-state index in [-0.39, 0.29) is 18.1 Å². The lowest BCUT2D eigenvalue weighted by atomic mass is 9.83. The van der Waals surface area contributed by atoms with Crippen molar-refractivity contribution in [2.45, 2.75) is 38.0 Å². The van der Waals surface area contributed by atoms with Gasteiger partial charge in [0.05, 0.1) is 24.7 Å². The Balaban J connectivity index is 1.62. The van der Waals surface area contributed by atoms with E-state index in [9.17, 15) is 9.90 Å². The monoisotopic (exact) mass is 389 g/mol. The van der Waals surface area contributed by atoms with Gasteiger partial charge in [-0.2, -0.15) is 0 Å². The fourth-order valence-electron chi connectivity index (χ4n) is 4.69. The number of hydrogen-bond acceptors (Lipinski definition) is 4. The zero-order valence-corrected chi connectivity index (χ0v) is 16.2. The third-order valence-electron chi connectivity index (χ3n) is 6.07. The topological polar surface area (TPSA) is 59.0 Å². The Morgan fingerprint density at radius 3 is 2.69 bits per heavy atom. The molecule has 1 fully saturated rings. The Kier molecular flexibility index (Phi) is 4.40. The van der Waals surface area contributed by atoms with Gasteiger partial charge in [-0.15, -0.1) is 0 Å². The fraction of sp³-hybridized carbons (Fsp3) is 0.292. The second kappa shape index (κ2) is 7.08. The van der Waals surface area contributed by atoms with E-state index in [1.54, 1.807) is 0 Å². The highest BCUT2D eigenvalue weighted by Crippen LogP contribution is 2.50. The summed E-state index contributed by atoms with van der Waals surface area (Å²) in [5.41, 5.74) is 5.65. The highest BCUT2D eigenvalue weighted by atomic mass is 16.7. The summed E-state index contributed by atoms with van der Waals surface area (Å²) >= 11 is 0. The summed E-state index contributed by atoms with van der Waals surface area (Å²) in [7, 11) is 0. The van der Waals surface area contributed by atoms with Crippen molar-refractivity contribution in [3.63, 3.8) is 0 Å². The molecular formula is C24H23NO4. The van der Waals surface area contributed by atoms with Crippen molar-refractivity contribution in [1.29, 1.82) is 0 Å². The molecule has 2 aromatic rings. The summed E-state index contributed by atoms with van der Waals surface area (Å²) in [6.45, 7) is 3.56. The van der Waals surface area contributed by atoms with Crippen molar-refractivity contribution < 1.29 is 19.4 Å². The number of aryl methyl sites for hydroxylation is 1. The third-order valence-corrected chi connectivity index (χ3v) is 6.07. The summed E-state index contributed by atoms with van der Waals surface area (Å²) in [5, 5.41) is 9.37. The molecule has 5 heteroatoms. The van der Waals surface area contributed by atoms with Crippen LogP contribution >= 0.6 is 0 Å². The molecule has 0 amide bonds. The van der Waals surface area contributed by atoms with Gasteiger partial charge in [0.25, 0.3) is 0 Å². The molecule has 0 aromatic heterocycles. The largest absolute Gasteiger partial charge is 0.511 e. The van der Waals surface area contributed by atoms with Crippen LogP contribution in [-0.4, -0.2) is 30.0 Å². The lowest BCUT2D eigenvalue weighted by Gasteiger charge is -2.35. The minimum absolute atomic E-state index is 0.00939. The van der Waals surface area contributed by atoms with Crippen LogP contribution in [0.15, 0.2) is 72.0 Å². The first kappa shape index (κ1) is 18.0. The van der Waals surface area contributed by atoms with Gasteiger partial charge in [0.15, 0.2) is 0 Å². The Bertz CT molecular complexity index is 1010. The van der Waals surface area contributed by atoms with Crippen molar-refractivity contribution in [2.24, 2.45) is 0 Å². The molecule has 5 nitrogen and oxygen atoms in total. The Hall–Kier alpha value is -3.05. The molecule has 2 heterocycles. The molecule has 148 valence electrons. The number of ether oxygens (including phenoxy) is 2. The predicted molar refractivity (Wildman–Crippen MR) is 110 cm³/mol. The number of rotatable bonds is 4. The van der Waals surface area contributed by atoms with Crippen LogP contribution in [0.3, 0.4) is 0 Å². The van der Waals surface area contributed by atoms with Gasteiger partial charge >= 0.3 is 6.16 Å². The zero-order chi connectivity index (χ0) is 20.0. The van der Waals surface area contributed by atoms with Gasteiger partial charge in [-0.25, -0.2) is 4.79 Å². The lowest BCUT2D eigenvalue weighted by molar-refractivity contribution is -0.0247. The summed E-state index contributed by atoms with van der Waals surface area (Å²) in [6.07, 6.45) is 3.81. The highest BCUT2D eigenvalue weighted by molar-refractivity contribution is 5.70. The molecule has 0 saturated carbocycles. The number of carboxylic acid groups (broad SMARTS) is 1. The summed E-state index contributed by atoms with van der Waals surface area (Å²) in [6, 6.07) is 16.6. The average molecular weight is 389 g/mol. The molecule has 0 spiro atoms. The van der Waals surface area contributed by atoms with Crippen molar-refractivity contribution in [2.75, 3.05) is 11.5 Å². The molecule has 2 aromatic carbocycles. The molecule has 0 bridgehead atoms. The molecule has 3 unspecified atom stereocenters. The van der Waals surface area contributed by atoms with Crippen molar-refractivity contribution in [3.8, 4) is 0 Å². The summed E-state index contributed by atoms with van der Waals surface area (Å²) in [4.78, 5) is 13.8. The maximum Gasteiger partial charge on any atom is 0.511 e. The van der Waals surface area contributed by atoms with E-state index in [2.05, 4.69) is 48.2 Å². The number of fused-ring (bicyclic) bond motifs is 3. The zero-order valence-electron chi connectivity index (χ0n) is 16.2. The molecule has 29 heavy (non-hydrogen) atoms. The van der Waals surface area contributed by atoms with Gasteiger partial charge in [-0.1, -0.05) is 48.5 Å². The lowest BCUT2D eigenvalue weighted by Crippen LogP contribution is -2.38. The molecular weight excluding hydrogens is 366 g/mol. The highest BCUT2D eigenvalue weighted by Gasteiger charge is 2.44. The first-order valence-electron chi connectivity index (χ1n) is 9.97. The Morgan fingerprint density at radius 1 is 1.21 bits per heavy atom. The number of anilines is 1. The van der Waals surface area contributed by atoms with Crippen LogP contribution in [0.25, 0.3) is 0 Å². The molecule has 5 rings (SSSR count). The van der Waals surface area contributed by atoms with Crippen LogP contribution in [-0.2, 0) is 16.0 Å². The normalized spacial score (nSPS) is 24.7. The van der Waals surface area contributed by atoms with Crippen LogP contribution in [0, 0.1) is 6.92 Å². The quantitative estimate of drug-likeness (QED) is 0.763. The van der Waals surface area contributed by atoms with Gasteiger partial charge in [0.2, 0.25) is 0 Å². The van der Waals surface area contributed by atoms with Crippen molar-refractivity contribution in [3.05, 3.63) is 88.7 Å². The van der Waals surface area contributed by atoms with E-state index in [0.717, 1.165) is 42.0 Å². The maximum atomic E-state index is 11.5. The Morgan fingerprint density at radius 2 is 2.00 bits per heavy atom. The van der Waals surface area contributed by atoms with Gasteiger partial charge < -0.3 is 19.5 Å². The third kappa shape index (κ3) is 3.12. The van der Waals surface area contributed by atoms with Gasteiger partial charge in [-0.3, -0.25) is 0 Å². The molecule has 3 aliphatic rings. The van der Waals surface area contributed by atoms with E-state index >= 15 is 0 Å². The Labute approximate surface area is 169 Å². The van der Waals surface area contributed by atoms with Crippen molar-refractivity contribution >= 4 is 11.8 Å². The summed E-state index contributed by atoms with van der Waals surface area (Å²) < 4.78 is 11.0. The van der Waals surface area contributed by atoms with Gasteiger partial charge in [0, 0.05) is 18.7 Å². The van der Waals surface area contributed by atoms with E-state index < -0.39 is 6.16 Å². The van der Waals surface area contributed by atoms with E-state index in [0.29, 0.717) is 5.76 Å². The van der Waals surface area contributed by atoms with Crippen LogP contribution in [0.2, 0.25) is 0 Å². The number of benzene rings is 2. The molecule has 2 aliphatic heterocycles. The number of carbonyl (C=O) groups is 1. The van der Waals surface area contributed by atoms with Crippen LogP contribution < -0.4 is 4.90 Å². The second-order valence-electron chi connectivity index (χ2n) is 7.82. The molecule has 3 atom stereocenters. The molecule has 1 saturated heterocycles. The van der Waals surface area contributed by atoms with Crippen LogP contribution in [0.1, 0.15) is 29.0 Å². The van der Waals surface area contributed by atoms with Crippen LogP contribution in [0.5, 0.6) is 0 Å². The smallest absolute Gasteiger partial charge is 0.449 e. The molecule has 0 radical (unpaired) electrons. The minimum Gasteiger partial charge on any atom is -0.449 e. The minimum atomic E-state index is -1.28. The number of hydrogen-bond donors (Lipinski definition) is 1.